The number of anilines is 1. The van der Waals surface area contributed by atoms with E-state index in [1.807, 2.05) is 80.6 Å². The van der Waals surface area contributed by atoms with E-state index in [9.17, 15) is 4.79 Å². The molecule has 0 aliphatic carbocycles. The van der Waals surface area contributed by atoms with E-state index >= 15 is 0 Å². The van der Waals surface area contributed by atoms with Crippen molar-refractivity contribution in [3.63, 3.8) is 0 Å². The van der Waals surface area contributed by atoms with Gasteiger partial charge in [0, 0.05) is 22.2 Å². The van der Waals surface area contributed by atoms with Crippen LogP contribution < -0.4 is 5.32 Å². The Morgan fingerprint density at radius 1 is 0.897 bits per heavy atom. The fourth-order valence-electron chi connectivity index (χ4n) is 3.47. The third-order valence-electron chi connectivity index (χ3n) is 4.96. The maximum absolute atomic E-state index is 12.8. The van der Waals surface area contributed by atoms with E-state index in [1.54, 1.807) is 0 Å². The van der Waals surface area contributed by atoms with Crippen molar-refractivity contribution in [1.82, 2.24) is 4.98 Å². The Morgan fingerprint density at radius 2 is 1.76 bits per heavy atom. The van der Waals surface area contributed by atoms with Gasteiger partial charge in [-0.2, -0.15) is 0 Å². The lowest BCUT2D eigenvalue weighted by molar-refractivity contribution is 0.0998. The average molecular weight is 382 g/mol. The van der Waals surface area contributed by atoms with Crippen molar-refractivity contribution in [2.45, 2.75) is 13.8 Å². The fourth-order valence-corrected chi connectivity index (χ4v) is 3.47. The van der Waals surface area contributed by atoms with Gasteiger partial charge in [0.15, 0.2) is 11.3 Å². The fraction of sp³-hybridized carbons (Fsp3) is 0.0833. The lowest BCUT2D eigenvalue weighted by Crippen LogP contribution is -2.12. The zero-order chi connectivity index (χ0) is 20.0. The molecule has 5 heteroatoms. The summed E-state index contributed by atoms with van der Waals surface area (Å²) in [5.74, 6) is 0.541. The van der Waals surface area contributed by atoms with Crippen LogP contribution in [0.25, 0.3) is 33.5 Å². The third kappa shape index (κ3) is 3.06. The second kappa shape index (κ2) is 6.63. The smallest absolute Gasteiger partial charge is 0.291 e. The predicted molar refractivity (Wildman–Crippen MR) is 113 cm³/mol. The molecule has 2 heterocycles. The Kier molecular flexibility index (Phi) is 3.95. The Hall–Kier alpha value is -3.86. The van der Waals surface area contributed by atoms with Gasteiger partial charge in [0.2, 0.25) is 5.89 Å². The zero-order valence-electron chi connectivity index (χ0n) is 16.0. The summed E-state index contributed by atoms with van der Waals surface area (Å²) in [5.41, 5.74) is 5.63. The summed E-state index contributed by atoms with van der Waals surface area (Å²) >= 11 is 0. The van der Waals surface area contributed by atoms with Crippen molar-refractivity contribution in [3.05, 3.63) is 83.6 Å². The highest BCUT2D eigenvalue weighted by Crippen LogP contribution is 2.28. The first-order chi connectivity index (χ1) is 14.1. The van der Waals surface area contributed by atoms with Crippen LogP contribution in [-0.4, -0.2) is 10.9 Å². The molecule has 0 atom stereocenters. The number of aromatic nitrogens is 1. The standard InChI is InChI=1S/C24H18N2O3/c1-14-10-11-21-19(12-14)26-24(29-21)16-6-5-7-17(13-16)25-23(27)22-15(2)18-8-3-4-9-20(18)28-22/h3-13H,1-2H3,(H,25,27). The highest BCUT2D eigenvalue weighted by molar-refractivity contribution is 6.06. The van der Waals surface area contributed by atoms with Gasteiger partial charge in [-0.1, -0.05) is 30.3 Å². The molecule has 5 nitrogen and oxygen atoms in total. The normalized spacial score (nSPS) is 11.2. The number of nitrogens with one attached hydrogen (secondary N) is 1. The summed E-state index contributed by atoms with van der Waals surface area (Å²) in [4.78, 5) is 17.4. The molecule has 0 aliphatic heterocycles. The molecule has 0 unspecified atom stereocenters. The monoisotopic (exact) mass is 382 g/mol. The van der Waals surface area contributed by atoms with Crippen LogP contribution in [0.3, 0.4) is 0 Å². The molecule has 0 saturated heterocycles. The molecule has 5 aromatic rings. The number of fused-ring (bicyclic) bond motifs is 2. The van der Waals surface area contributed by atoms with Crippen LogP contribution in [0.15, 0.2) is 75.6 Å². The molecule has 3 aromatic carbocycles. The molecule has 0 fully saturated rings. The van der Waals surface area contributed by atoms with Gasteiger partial charge >= 0.3 is 0 Å². The van der Waals surface area contributed by atoms with Crippen LogP contribution >= 0.6 is 0 Å². The van der Waals surface area contributed by atoms with Gasteiger partial charge in [-0.25, -0.2) is 4.98 Å². The largest absolute Gasteiger partial charge is 0.451 e. The molecule has 1 N–H and O–H groups in total. The van der Waals surface area contributed by atoms with E-state index in [1.165, 1.54) is 0 Å². The topological polar surface area (TPSA) is 68.3 Å². The molecule has 142 valence electrons. The Labute approximate surface area is 167 Å². The predicted octanol–water partition coefficient (Wildman–Crippen LogP) is 6.11. The van der Waals surface area contributed by atoms with E-state index in [2.05, 4.69) is 10.3 Å². The Morgan fingerprint density at radius 3 is 2.62 bits per heavy atom. The van der Waals surface area contributed by atoms with Crippen molar-refractivity contribution >= 4 is 33.7 Å². The van der Waals surface area contributed by atoms with Crippen molar-refractivity contribution in [2.75, 3.05) is 5.32 Å². The number of rotatable bonds is 3. The van der Waals surface area contributed by atoms with Crippen LogP contribution in [0.2, 0.25) is 0 Å². The Bertz CT molecular complexity index is 1380. The summed E-state index contributed by atoms with van der Waals surface area (Å²) in [6.45, 7) is 3.90. The maximum atomic E-state index is 12.8. The van der Waals surface area contributed by atoms with Crippen LogP contribution in [0.5, 0.6) is 0 Å². The number of oxazole rings is 1. The van der Waals surface area contributed by atoms with Crippen molar-refractivity contribution in [3.8, 4) is 11.5 Å². The lowest BCUT2D eigenvalue weighted by atomic mass is 10.1. The minimum absolute atomic E-state index is 0.288. The van der Waals surface area contributed by atoms with Gasteiger partial charge in [0.25, 0.3) is 5.91 Å². The molecule has 0 bridgehead atoms. The van der Waals surface area contributed by atoms with E-state index in [0.29, 0.717) is 22.9 Å². The molecule has 5 rings (SSSR count). The minimum Gasteiger partial charge on any atom is -0.451 e. The number of benzene rings is 3. The van der Waals surface area contributed by atoms with Gasteiger partial charge in [0.05, 0.1) is 0 Å². The summed E-state index contributed by atoms with van der Waals surface area (Å²) in [5, 5.41) is 3.85. The van der Waals surface area contributed by atoms with Gasteiger partial charge in [0.1, 0.15) is 11.1 Å². The van der Waals surface area contributed by atoms with Crippen molar-refractivity contribution < 1.29 is 13.6 Å². The van der Waals surface area contributed by atoms with Gasteiger partial charge < -0.3 is 14.2 Å². The first-order valence-corrected chi connectivity index (χ1v) is 9.35. The number of nitrogens with zero attached hydrogens (tertiary/aromatic N) is 1. The van der Waals surface area contributed by atoms with Crippen LogP contribution in [0, 0.1) is 13.8 Å². The maximum Gasteiger partial charge on any atom is 0.291 e. The highest BCUT2D eigenvalue weighted by Gasteiger charge is 2.18. The van der Waals surface area contributed by atoms with E-state index in [4.69, 9.17) is 8.83 Å². The third-order valence-corrected chi connectivity index (χ3v) is 4.96. The summed E-state index contributed by atoms with van der Waals surface area (Å²) in [6.07, 6.45) is 0. The average Bonchev–Trinajstić information content (AvgIpc) is 3.29. The highest BCUT2D eigenvalue weighted by atomic mass is 16.4. The second-order valence-corrected chi connectivity index (χ2v) is 7.08. The van der Waals surface area contributed by atoms with E-state index in [-0.39, 0.29) is 5.91 Å². The molecule has 0 aliphatic rings. The molecule has 2 aromatic heterocycles. The summed E-state index contributed by atoms with van der Waals surface area (Å²) in [7, 11) is 0. The van der Waals surface area contributed by atoms with E-state index < -0.39 is 0 Å². The molecule has 29 heavy (non-hydrogen) atoms. The number of hydrogen-bond acceptors (Lipinski definition) is 4. The minimum atomic E-state index is -0.288. The number of amides is 1. The number of carbonyl (C=O) groups is 1. The Balaban J connectivity index is 1.46. The first-order valence-electron chi connectivity index (χ1n) is 9.35. The molecule has 0 spiro atoms. The van der Waals surface area contributed by atoms with E-state index in [0.717, 1.165) is 33.2 Å². The molecule has 0 saturated carbocycles. The quantitative estimate of drug-likeness (QED) is 0.409. The number of carbonyl (C=O) groups excluding carboxylic acids is 1. The molecule has 1 amide bonds. The second-order valence-electron chi connectivity index (χ2n) is 7.08. The lowest BCUT2D eigenvalue weighted by Gasteiger charge is -2.05. The van der Waals surface area contributed by atoms with Crippen LogP contribution in [0.4, 0.5) is 5.69 Å². The molecule has 0 radical (unpaired) electrons. The molecular formula is C24H18N2O3. The zero-order valence-corrected chi connectivity index (χ0v) is 16.0. The SMILES string of the molecule is Cc1ccc2oc(-c3cccc(NC(=O)c4oc5ccccc5c4C)c3)nc2c1. The number of para-hydroxylation sites is 1. The summed E-state index contributed by atoms with van der Waals surface area (Å²) in [6, 6.07) is 20.9. The number of furan rings is 1. The number of hydrogen-bond donors (Lipinski definition) is 1. The number of aryl methyl sites for hydroxylation is 2. The van der Waals surface area contributed by atoms with Crippen LogP contribution in [0.1, 0.15) is 21.7 Å². The first kappa shape index (κ1) is 17.3. The van der Waals surface area contributed by atoms with Gasteiger partial charge in [-0.3, -0.25) is 4.79 Å². The van der Waals surface area contributed by atoms with Crippen molar-refractivity contribution in [1.29, 1.82) is 0 Å². The van der Waals surface area contributed by atoms with Gasteiger partial charge in [-0.05, 0) is 55.8 Å². The van der Waals surface area contributed by atoms with Crippen LogP contribution in [-0.2, 0) is 0 Å². The van der Waals surface area contributed by atoms with Gasteiger partial charge in [-0.15, -0.1) is 0 Å². The van der Waals surface area contributed by atoms with Crippen molar-refractivity contribution in [2.24, 2.45) is 0 Å². The summed E-state index contributed by atoms with van der Waals surface area (Å²) < 4.78 is 11.6. The molecular weight excluding hydrogens is 364 g/mol.